The highest BCUT2D eigenvalue weighted by Crippen LogP contribution is 2.45. The van der Waals surface area contributed by atoms with E-state index in [4.69, 9.17) is 0 Å². The fourth-order valence-electron chi connectivity index (χ4n) is 6.69. The number of nitrogens with zero attached hydrogens (tertiary/aromatic N) is 4. The van der Waals surface area contributed by atoms with Gasteiger partial charge in [-0.3, -0.25) is 9.59 Å². The van der Waals surface area contributed by atoms with E-state index >= 15 is 0 Å². The van der Waals surface area contributed by atoms with Crippen LogP contribution in [-0.4, -0.2) is 88.0 Å². The third kappa shape index (κ3) is 5.59. The van der Waals surface area contributed by atoms with Crippen LogP contribution in [0.5, 0.6) is 0 Å². The second kappa shape index (κ2) is 11.8. The number of amides is 4. The smallest absolute Gasteiger partial charge is 0.322 e. The van der Waals surface area contributed by atoms with Crippen molar-refractivity contribution in [1.29, 1.82) is 0 Å². The summed E-state index contributed by atoms with van der Waals surface area (Å²) in [6, 6.07) is 18.7. The van der Waals surface area contributed by atoms with Crippen molar-refractivity contribution in [2.75, 3.05) is 38.5 Å². The fourth-order valence-corrected chi connectivity index (χ4v) is 8.16. The van der Waals surface area contributed by atoms with Crippen molar-refractivity contribution in [3.63, 3.8) is 0 Å². The van der Waals surface area contributed by atoms with Crippen LogP contribution in [0.15, 0.2) is 54.6 Å². The Balaban J connectivity index is 1.06. The van der Waals surface area contributed by atoms with Gasteiger partial charge in [-0.05, 0) is 62.9 Å². The number of anilines is 1. The number of para-hydroxylation sites is 1. The lowest BCUT2D eigenvalue weighted by Crippen LogP contribution is -2.51. The van der Waals surface area contributed by atoms with Gasteiger partial charge >= 0.3 is 6.03 Å². The molecule has 0 aliphatic carbocycles. The normalized spacial score (nSPS) is 25.8. The maximum absolute atomic E-state index is 13.7. The molecule has 9 heteroatoms. The number of hydrogen-bond acceptors (Lipinski definition) is 5. The van der Waals surface area contributed by atoms with Crippen LogP contribution in [0.3, 0.4) is 0 Å². The second-order valence-electron chi connectivity index (χ2n) is 11.5. The average Bonchev–Trinajstić information content (AvgIpc) is 3.53. The molecule has 6 rings (SSSR count). The fraction of sp³-hybridized carbons (Fsp3) is 0.516. The minimum absolute atomic E-state index is 0.0435. The van der Waals surface area contributed by atoms with Crippen LogP contribution >= 0.6 is 11.8 Å². The number of fused-ring (bicyclic) bond motifs is 1. The minimum atomic E-state index is -0.360. The Bertz CT molecular complexity index is 1230. The van der Waals surface area contributed by atoms with Crippen LogP contribution in [0.4, 0.5) is 10.5 Å². The number of rotatable bonds is 7. The van der Waals surface area contributed by atoms with Crippen molar-refractivity contribution in [2.45, 2.75) is 67.8 Å². The molecule has 4 amide bonds. The van der Waals surface area contributed by atoms with E-state index in [1.165, 1.54) is 12.8 Å². The summed E-state index contributed by atoms with van der Waals surface area (Å²) in [5.41, 5.74) is 3.13. The van der Waals surface area contributed by atoms with Crippen molar-refractivity contribution in [1.82, 2.24) is 19.6 Å². The lowest BCUT2D eigenvalue weighted by Gasteiger charge is -2.40. The molecule has 0 spiro atoms. The van der Waals surface area contributed by atoms with Gasteiger partial charge in [-0.1, -0.05) is 48.5 Å². The quantitative estimate of drug-likeness (QED) is 0.537. The summed E-state index contributed by atoms with van der Waals surface area (Å²) in [7, 11) is 2.17. The zero-order valence-corrected chi connectivity index (χ0v) is 24.0. The van der Waals surface area contributed by atoms with Crippen molar-refractivity contribution >= 4 is 35.3 Å². The van der Waals surface area contributed by atoms with Gasteiger partial charge in [-0.2, -0.15) is 0 Å². The van der Waals surface area contributed by atoms with Crippen LogP contribution in [0.1, 0.15) is 55.0 Å². The predicted octanol–water partition coefficient (Wildman–Crippen LogP) is 4.54. The first kappa shape index (κ1) is 27.1. The molecule has 4 aliphatic rings. The van der Waals surface area contributed by atoms with Gasteiger partial charge in [-0.25, -0.2) is 4.79 Å². The zero-order chi connectivity index (χ0) is 27.6. The van der Waals surface area contributed by atoms with Gasteiger partial charge in [0, 0.05) is 50.4 Å². The highest BCUT2D eigenvalue weighted by molar-refractivity contribution is 8.01. The first-order valence-electron chi connectivity index (χ1n) is 14.6. The van der Waals surface area contributed by atoms with E-state index in [0.29, 0.717) is 25.7 Å². The molecule has 1 N–H and O–H groups in total. The summed E-state index contributed by atoms with van der Waals surface area (Å²) in [5, 5.41) is 2.59. The van der Waals surface area contributed by atoms with Crippen molar-refractivity contribution in [3.8, 4) is 0 Å². The SMILES string of the molecule is CN1CCCC1CCN1C(=O)C(CC(=O)N2CCC(N3Cc4ccccc4NC3=O)CC2)SC1c1ccccc1. The van der Waals surface area contributed by atoms with Gasteiger partial charge < -0.3 is 24.9 Å². The highest BCUT2D eigenvalue weighted by atomic mass is 32.2. The standard InChI is InChI=1S/C31H39N5O3S/c1-33-16-7-11-24(33)15-19-35-29(38)27(40-30(35)22-8-3-2-4-9-22)20-28(37)34-17-13-25(14-18-34)36-21-23-10-5-6-12-26(23)32-31(36)39/h2-6,8-10,12,24-25,27,30H,7,11,13-21H2,1H3,(H,32,39). The largest absolute Gasteiger partial charge is 0.342 e. The summed E-state index contributed by atoms with van der Waals surface area (Å²) in [4.78, 5) is 48.1. The van der Waals surface area contributed by atoms with Crippen LogP contribution in [0, 0.1) is 0 Å². The van der Waals surface area contributed by atoms with Crippen LogP contribution in [0.25, 0.3) is 0 Å². The van der Waals surface area contributed by atoms with Gasteiger partial charge in [-0.15, -0.1) is 11.8 Å². The number of piperidine rings is 1. The summed E-state index contributed by atoms with van der Waals surface area (Å²) >= 11 is 1.63. The Morgan fingerprint density at radius 3 is 2.48 bits per heavy atom. The average molecular weight is 562 g/mol. The molecule has 8 nitrogen and oxygen atoms in total. The highest BCUT2D eigenvalue weighted by Gasteiger charge is 2.43. The van der Waals surface area contributed by atoms with E-state index in [9.17, 15) is 14.4 Å². The number of urea groups is 1. The van der Waals surface area contributed by atoms with Crippen molar-refractivity contribution in [2.24, 2.45) is 0 Å². The van der Waals surface area contributed by atoms with E-state index in [0.717, 1.165) is 49.2 Å². The maximum atomic E-state index is 13.7. The van der Waals surface area contributed by atoms with E-state index in [-0.39, 0.29) is 40.9 Å². The molecule has 3 unspecified atom stereocenters. The first-order chi connectivity index (χ1) is 19.5. The Morgan fingerprint density at radius 2 is 1.73 bits per heavy atom. The topological polar surface area (TPSA) is 76.2 Å². The zero-order valence-electron chi connectivity index (χ0n) is 23.2. The molecule has 0 aromatic heterocycles. The summed E-state index contributed by atoms with van der Waals surface area (Å²) < 4.78 is 0. The first-order valence-corrected chi connectivity index (χ1v) is 15.6. The van der Waals surface area contributed by atoms with Gasteiger partial charge in [0.15, 0.2) is 0 Å². The molecule has 2 aromatic carbocycles. The summed E-state index contributed by atoms with van der Waals surface area (Å²) in [6.45, 7) is 3.67. The monoisotopic (exact) mass is 561 g/mol. The molecule has 4 aliphatic heterocycles. The van der Waals surface area contributed by atoms with E-state index in [1.54, 1.807) is 11.8 Å². The summed E-state index contributed by atoms with van der Waals surface area (Å²) in [5.74, 6) is 0.133. The molecule has 4 heterocycles. The molecule has 40 heavy (non-hydrogen) atoms. The molecule has 212 valence electrons. The van der Waals surface area contributed by atoms with Gasteiger partial charge in [0.05, 0.1) is 5.25 Å². The molecular formula is C31H39N5O3S. The molecule has 3 atom stereocenters. The van der Waals surface area contributed by atoms with Crippen LogP contribution in [0.2, 0.25) is 0 Å². The number of benzene rings is 2. The van der Waals surface area contributed by atoms with E-state index in [1.807, 2.05) is 51.1 Å². The van der Waals surface area contributed by atoms with E-state index in [2.05, 4.69) is 35.5 Å². The molecule has 3 fully saturated rings. The molecule has 0 saturated carbocycles. The Morgan fingerprint density at radius 1 is 0.975 bits per heavy atom. The number of carbonyl (C=O) groups excluding carboxylic acids is 3. The van der Waals surface area contributed by atoms with E-state index < -0.39 is 0 Å². The number of carbonyl (C=O) groups is 3. The molecule has 0 radical (unpaired) electrons. The van der Waals surface area contributed by atoms with Crippen molar-refractivity contribution in [3.05, 3.63) is 65.7 Å². The Labute approximate surface area is 241 Å². The molecule has 3 saturated heterocycles. The minimum Gasteiger partial charge on any atom is -0.342 e. The van der Waals surface area contributed by atoms with Crippen LogP contribution < -0.4 is 5.32 Å². The third-order valence-electron chi connectivity index (χ3n) is 9.07. The second-order valence-corrected chi connectivity index (χ2v) is 12.8. The Kier molecular flexibility index (Phi) is 8.03. The molecule has 2 aromatic rings. The predicted molar refractivity (Wildman–Crippen MR) is 158 cm³/mol. The number of likely N-dealkylation sites (tertiary alicyclic amines) is 2. The van der Waals surface area contributed by atoms with Gasteiger partial charge in [0.25, 0.3) is 0 Å². The maximum Gasteiger partial charge on any atom is 0.322 e. The number of thioether (sulfide) groups is 1. The van der Waals surface area contributed by atoms with Gasteiger partial charge in [0.1, 0.15) is 5.37 Å². The third-order valence-corrected chi connectivity index (χ3v) is 10.6. The lowest BCUT2D eigenvalue weighted by atomic mass is 10.0. The number of hydrogen-bond donors (Lipinski definition) is 1. The van der Waals surface area contributed by atoms with Crippen molar-refractivity contribution < 1.29 is 14.4 Å². The molecular weight excluding hydrogens is 522 g/mol. The van der Waals surface area contributed by atoms with Gasteiger partial charge in [0.2, 0.25) is 11.8 Å². The lowest BCUT2D eigenvalue weighted by molar-refractivity contribution is -0.137. The van der Waals surface area contributed by atoms with Crippen LogP contribution in [-0.2, 0) is 16.1 Å². The number of nitrogens with one attached hydrogen (secondary N) is 1. The Hall–Kier alpha value is -3.04. The molecule has 0 bridgehead atoms. The summed E-state index contributed by atoms with van der Waals surface area (Å²) in [6.07, 6.45) is 5.10.